The van der Waals surface area contributed by atoms with Crippen LogP contribution in [0, 0.1) is 0 Å². The lowest BCUT2D eigenvalue weighted by molar-refractivity contribution is -0.150. The van der Waals surface area contributed by atoms with Crippen LogP contribution in [0.4, 0.5) is 5.13 Å². The number of anilines is 1. The normalized spacial score (nSPS) is 22.1. The van der Waals surface area contributed by atoms with Crippen molar-refractivity contribution in [3.63, 3.8) is 0 Å². The molecule has 0 aliphatic carbocycles. The van der Waals surface area contributed by atoms with E-state index in [4.69, 9.17) is 15.9 Å². The molecule has 6 N–H and O–H groups in total. The predicted octanol–water partition coefficient (Wildman–Crippen LogP) is -1.49. The van der Waals surface area contributed by atoms with Crippen molar-refractivity contribution < 1.29 is 48.9 Å². The first kappa shape index (κ1) is 27.6. The van der Waals surface area contributed by atoms with Gasteiger partial charge in [0, 0.05) is 23.3 Å². The first-order valence-corrected chi connectivity index (χ1v) is 13.0. The topological polar surface area (TPSA) is 242 Å². The van der Waals surface area contributed by atoms with Gasteiger partial charge in [-0.2, -0.15) is 0 Å². The minimum atomic E-state index is -1.42. The number of aliphatic carboxylic acids is 3. The van der Waals surface area contributed by atoms with Crippen LogP contribution in [-0.4, -0.2) is 108 Å². The molecule has 1 aromatic rings. The molecule has 2 saturated heterocycles. The number of carbonyl (C=O) groups excluding carboxylic acids is 3. The van der Waals surface area contributed by atoms with E-state index in [1.807, 2.05) is 0 Å². The number of nitrogens with zero attached hydrogens (tertiary/aromatic N) is 4. The molecule has 16 nitrogen and oxygen atoms in total. The van der Waals surface area contributed by atoms with E-state index in [1.165, 1.54) is 11.5 Å². The van der Waals surface area contributed by atoms with Gasteiger partial charge in [0.15, 0.2) is 10.8 Å². The van der Waals surface area contributed by atoms with Crippen molar-refractivity contribution in [1.82, 2.24) is 20.1 Å². The zero-order chi connectivity index (χ0) is 28.4. The number of hydrogen-bond donors (Lipinski definition) is 5. The number of nitrogens with one attached hydrogen (secondary N) is 1. The molecule has 18 heteroatoms. The largest absolute Gasteiger partial charge is 0.480 e. The summed E-state index contributed by atoms with van der Waals surface area (Å²) in [4.78, 5) is 83.0. The fourth-order valence-corrected chi connectivity index (χ4v) is 5.90. The number of likely N-dealkylation sites (tertiary alicyclic amines) is 1. The molecular formula is C21H20N6O10S2. The molecule has 3 aliphatic heterocycles. The molecule has 0 spiro atoms. The van der Waals surface area contributed by atoms with Crippen molar-refractivity contribution >= 4 is 69.6 Å². The Morgan fingerprint density at radius 2 is 1.97 bits per heavy atom. The number of thioether (sulfide) groups is 1. The fourth-order valence-electron chi connectivity index (χ4n) is 4.04. The number of carboxylic acids is 3. The van der Waals surface area contributed by atoms with Gasteiger partial charge in [0.2, 0.25) is 12.5 Å². The summed E-state index contributed by atoms with van der Waals surface area (Å²) >= 11 is 2.14. The van der Waals surface area contributed by atoms with E-state index in [9.17, 15) is 33.9 Å². The Balaban J connectivity index is 1.53. The first-order chi connectivity index (χ1) is 18.5. The monoisotopic (exact) mass is 580 g/mol. The van der Waals surface area contributed by atoms with Gasteiger partial charge in [-0.15, -0.1) is 23.1 Å². The Kier molecular flexibility index (Phi) is 7.86. The van der Waals surface area contributed by atoms with Crippen molar-refractivity contribution in [3.05, 3.63) is 34.0 Å². The van der Waals surface area contributed by atoms with Crippen LogP contribution in [0.25, 0.3) is 0 Å². The highest BCUT2D eigenvalue weighted by molar-refractivity contribution is 8.00. The van der Waals surface area contributed by atoms with Gasteiger partial charge in [-0.3, -0.25) is 24.1 Å². The number of nitrogens with two attached hydrogens (primary N) is 1. The summed E-state index contributed by atoms with van der Waals surface area (Å²) in [6.45, 7) is -1.15. The van der Waals surface area contributed by atoms with E-state index in [0.29, 0.717) is 0 Å². The smallest absolute Gasteiger partial charge is 0.352 e. The molecule has 39 heavy (non-hydrogen) atoms. The molecule has 4 heterocycles. The van der Waals surface area contributed by atoms with E-state index in [2.05, 4.69) is 20.3 Å². The SMILES string of the molecule is Nc1nc(/C(=N/OCC(=O)O)C(=O)N[C@@H]2C(=O)N3C(C(=O)O)=C(/C=C4\CCN(CC(=O)O)C4=O)CS[C@H]23)cs1. The molecule has 0 unspecified atom stereocenters. The van der Waals surface area contributed by atoms with Gasteiger partial charge in [0.1, 0.15) is 29.4 Å². The van der Waals surface area contributed by atoms with Crippen LogP contribution in [-0.2, 0) is 33.6 Å². The first-order valence-electron chi connectivity index (χ1n) is 11.0. The summed E-state index contributed by atoms with van der Waals surface area (Å²) in [5, 5.41) is 34.2. The molecule has 2 fully saturated rings. The number of rotatable bonds is 10. The van der Waals surface area contributed by atoms with Gasteiger partial charge in [0.25, 0.3) is 11.8 Å². The highest BCUT2D eigenvalue weighted by Gasteiger charge is 2.54. The minimum Gasteiger partial charge on any atom is -0.480 e. The number of thiazole rings is 1. The summed E-state index contributed by atoms with van der Waals surface area (Å²) in [7, 11) is 0. The van der Waals surface area contributed by atoms with Crippen LogP contribution in [0.3, 0.4) is 0 Å². The van der Waals surface area contributed by atoms with Crippen LogP contribution >= 0.6 is 23.1 Å². The highest BCUT2D eigenvalue weighted by atomic mass is 32.2. The van der Waals surface area contributed by atoms with Gasteiger partial charge in [-0.05, 0) is 18.1 Å². The molecule has 0 radical (unpaired) electrons. The van der Waals surface area contributed by atoms with Crippen molar-refractivity contribution in [2.75, 3.05) is 31.2 Å². The Bertz CT molecular complexity index is 1370. The predicted molar refractivity (Wildman–Crippen MR) is 133 cm³/mol. The number of fused-ring (bicyclic) bond motifs is 1. The molecule has 206 valence electrons. The average Bonchev–Trinajstić information content (AvgIpc) is 3.44. The third-order valence-corrected chi connectivity index (χ3v) is 7.67. The van der Waals surface area contributed by atoms with Crippen LogP contribution in [0.15, 0.2) is 33.5 Å². The minimum absolute atomic E-state index is 0.0153. The maximum absolute atomic E-state index is 13.0. The van der Waals surface area contributed by atoms with Crippen LogP contribution in [0.1, 0.15) is 12.1 Å². The van der Waals surface area contributed by atoms with Crippen LogP contribution < -0.4 is 11.1 Å². The number of oxime groups is 1. The number of aromatic nitrogens is 1. The number of amides is 3. The van der Waals surface area contributed by atoms with Gasteiger partial charge in [0.05, 0.1) is 0 Å². The number of carbonyl (C=O) groups is 6. The maximum atomic E-state index is 13.0. The summed E-state index contributed by atoms with van der Waals surface area (Å²) < 4.78 is 0. The summed E-state index contributed by atoms with van der Waals surface area (Å²) in [6.07, 6.45) is 1.59. The Labute approximate surface area is 226 Å². The second-order valence-electron chi connectivity index (χ2n) is 8.26. The van der Waals surface area contributed by atoms with Crippen LogP contribution in [0.2, 0.25) is 0 Å². The van der Waals surface area contributed by atoms with Gasteiger partial charge >= 0.3 is 17.9 Å². The standard InChI is InChI=1S/C21H20N6O10S2/c22-21-23-10(7-39-21)13(25-37-5-12(30)31)16(32)24-14-18(34)27-15(20(35)36)9(6-38-19(14)27)3-8-1-2-26(17(8)33)4-11(28)29/h3,7,14,19H,1-2,4-6H2,(H2,22,23)(H,24,32)(H,28,29)(H,30,31)(H,35,36)/b8-3+,25-13-/t14-,19-/m1/s1. The van der Waals surface area contributed by atoms with E-state index < -0.39 is 65.9 Å². The lowest BCUT2D eigenvalue weighted by atomic mass is 10.0. The molecule has 2 atom stereocenters. The number of β-lactam (4-membered cyclic amide) rings is 1. The molecule has 4 rings (SSSR count). The molecule has 0 bridgehead atoms. The number of allylic oxidation sites excluding steroid dienone is 1. The van der Waals surface area contributed by atoms with Crippen molar-refractivity contribution in [2.24, 2.45) is 5.16 Å². The van der Waals surface area contributed by atoms with Crippen molar-refractivity contribution in [1.29, 1.82) is 0 Å². The quantitative estimate of drug-likeness (QED) is 0.0918. The van der Waals surface area contributed by atoms with E-state index in [0.717, 1.165) is 32.9 Å². The fraction of sp³-hybridized carbons (Fsp3) is 0.333. The third kappa shape index (κ3) is 5.70. The Morgan fingerprint density at radius 3 is 2.59 bits per heavy atom. The molecule has 0 saturated carbocycles. The van der Waals surface area contributed by atoms with Crippen molar-refractivity contribution in [2.45, 2.75) is 17.8 Å². The number of carboxylic acid groups (broad SMARTS) is 3. The summed E-state index contributed by atoms with van der Waals surface area (Å²) in [6, 6.07) is -1.15. The average molecular weight is 581 g/mol. The van der Waals surface area contributed by atoms with Gasteiger partial charge in [-0.25, -0.2) is 14.6 Å². The second kappa shape index (κ2) is 11.1. The molecule has 3 aliphatic rings. The van der Waals surface area contributed by atoms with E-state index >= 15 is 0 Å². The Hall–Kier alpha value is -4.45. The zero-order valence-electron chi connectivity index (χ0n) is 19.7. The van der Waals surface area contributed by atoms with E-state index in [-0.39, 0.29) is 46.4 Å². The third-order valence-electron chi connectivity index (χ3n) is 5.70. The molecule has 0 aromatic carbocycles. The highest BCUT2D eigenvalue weighted by Crippen LogP contribution is 2.41. The molecule has 1 aromatic heterocycles. The summed E-state index contributed by atoms with van der Waals surface area (Å²) in [5.41, 5.74) is 5.23. The zero-order valence-corrected chi connectivity index (χ0v) is 21.4. The van der Waals surface area contributed by atoms with Gasteiger partial charge < -0.3 is 36.1 Å². The van der Waals surface area contributed by atoms with Gasteiger partial charge in [-0.1, -0.05) is 5.16 Å². The second-order valence-corrected chi connectivity index (χ2v) is 10.3. The molecule has 3 amide bonds. The number of hydrogen-bond acceptors (Lipinski definition) is 12. The lowest BCUT2D eigenvalue weighted by Crippen LogP contribution is -2.71. The van der Waals surface area contributed by atoms with E-state index in [1.54, 1.807) is 0 Å². The summed E-state index contributed by atoms with van der Waals surface area (Å²) in [5.74, 6) is -6.03. The lowest BCUT2D eigenvalue weighted by Gasteiger charge is -2.49. The van der Waals surface area contributed by atoms with Crippen LogP contribution in [0.5, 0.6) is 0 Å². The number of nitrogen functional groups attached to an aromatic ring is 1. The Morgan fingerprint density at radius 1 is 1.23 bits per heavy atom. The molecular weight excluding hydrogens is 560 g/mol. The van der Waals surface area contributed by atoms with Crippen molar-refractivity contribution in [3.8, 4) is 0 Å². The maximum Gasteiger partial charge on any atom is 0.352 e.